The highest BCUT2D eigenvalue weighted by Gasteiger charge is 2.26. The number of phenols is 1. The molecule has 1 aliphatic heterocycles. The first-order valence-corrected chi connectivity index (χ1v) is 9.49. The van der Waals surface area contributed by atoms with Gasteiger partial charge in [-0.15, -0.1) is 0 Å². The van der Waals surface area contributed by atoms with Gasteiger partial charge in [0.2, 0.25) is 5.75 Å². The fourth-order valence-corrected chi connectivity index (χ4v) is 3.54. The standard InChI is InChI=1S/C20H34N2O4/c1-15(2)5-7-22-9-8-21(14-17(22)6-10-23)13-16-11-18(25-3)20(24)19(12-16)26-4/h11-12,15,17,23-24H,5-10,13-14H2,1-4H3. The van der Waals surface area contributed by atoms with Crippen LogP contribution >= 0.6 is 0 Å². The number of nitrogens with zero attached hydrogens (tertiary/aromatic N) is 2. The van der Waals surface area contributed by atoms with Gasteiger partial charge in [0, 0.05) is 38.8 Å². The molecule has 6 heteroatoms. The molecule has 1 aromatic carbocycles. The van der Waals surface area contributed by atoms with Crippen LogP contribution in [0.5, 0.6) is 17.2 Å². The highest BCUT2D eigenvalue weighted by atomic mass is 16.5. The van der Waals surface area contributed by atoms with Crippen molar-refractivity contribution in [2.45, 2.75) is 39.3 Å². The van der Waals surface area contributed by atoms with Crippen molar-refractivity contribution >= 4 is 0 Å². The first-order valence-electron chi connectivity index (χ1n) is 9.49. The van der Waals surface area contributed by atoms with Crippen molar-refractivity contribution in [1.82, 2.24) is 9.80 Å². The Kier molecular flexibility index (Phi) is 8.00. The number of hydrogen-bond donors (Lipinski definition) is 2. The average molecular weight is 367 g/mol. The molecule has 1 aliphatic rings. The van der Waals surface area contributed by atoms with Gasteiger partial charge in [0.25, 0.3) is 0 Å². The summed E-state index contributed by atoms with van der Waals surface area (Å²) in [5.41, 5.74) is 1.05. The third-order valence-corrected chi connectivity index (χ3v) is 5.09. The molecule has 1 unspecified atom stereocenters. The number of aromatic hydroxyl groups is 1. The van der Waals surface area contributed by atoms with E-state index < -0.39 is 0 Å². The Morgan fingerprint density at radius 1 is 1.15 bits per heavy atom. The molecule has 0 amide bonds. The Labute approximate surface area is 157 Å². The molecule has 26 heavy (non-hydrogen) atoms. The van der Waals surface area contributed by atoms with Gasteiger partial charge < -0.3 is 19.7 Å². The van der Waals surface area contributed by atoms with E-state index in [1.807, 2.05) is 12.1 Å². The van der Waals surface area contributed by atoms with Crippen molar-refractivity contribution < 1.29 is 19.7 Å². The second kappa shape index (κ2) is 10.00. The lowest BCUT2D eigenvalue weighted by molar-refractivity contribution is 0.0523. The van der Waals surface area contributed by atoms with E-state index in [4.69, 9.17) is 9.47 Å². The van der Waals surface area contributed by atoms with Gasteiger partial charge in [-0.3, -0.25) is 9.80 Å². The van der Waals surface area contributed by atoms with Crippen LogP contribution in [0.15, 0.2) is 12.1 Å². The molecule has 0 aromatic heterocycles. The van der Waals surface area contributed by atoms with Crippen LogP contribution in [0.1, 0.15) is 32.3 Å². The Hall–Kier alpha value is -1.50. The summed E-state index contributed by atoms with van der Waals surface area (Å²) in [6.07, 6.45) is 1.99. The van der Waals surface area contributed by atoms with E-state index in [0.29, 0.717) is 23.5 Å². The number of piperazine rings is 1. The number of phenolic OH excluding ortho intramolecular Hbond substituents is 1. The van der Waals surface area contributed by atoms with Crippen molar-refractivity contribution in [3.8, 4) is 17.2 Å². The summed E-state index contributed by atoms with van der Waals surface area (Å²) in [4.78, 5) is 4.92. The van der Waals surface area contributed by atoms with Gasteiger partial charge in [0.1, 0.15) is 0 Å². The smallest absolute Gasteiger partial charge is 0.200 e. The summed E-state index contributed by atoms with van der Waals surface area (Å²) in [5, 5.41) is 19.5. The molecule has 0 aliphatic carbocycles. The SMILES string of the molecule is COc1cc(CN2CCN(CCC(C)C)C(CCO)C2)cc(OC)c1O. The summed E-state index contributed by atoms with van der Waals surface area (Å²) in [5.74, 6) is 1.60. The minimum Gasteiger partial charge on any atom is -0.502 e. The van der Waals surface area contributed by atoms with E-state index >= 15 is 0 Å². The topological polar surface area (TPSA) is 65.4 Å². The number of methoxy groups -OCH3 is 2. The molecular weight excluding hydrogens is 332 g/mol. The fraction of sp³-hybridized carbons (Fsp3) is 0.700. The number of ether oxygens (including phenoxy) is 2. The van der Waals surface area contributed by atoms with Crippen molar-refractivity contribution in [3.05, 3.63) is 17.7 Å². The van der Waals surface area contributed by atoms with Gasteiger partial charge in [-0.25, -0.2) is 0 Å². The zero-order valence-electron chi connectivity index (χ0n) is 16.6. The lowest BCUT2D eigenvalue weighted by Gasteiger charge is -2.41. The number of aliphatic hydroxyl groups is 1. The minimum atomic E-state index is 0.0374. The van der Waals surface area contributed by atoms with E-state index in [1.165, 1.54) is 6.42 Å². The summed E-state index contributed by atoms with van der Waals surface area (Å²) in [7, 11) is 3.09. The van der Waals surface area contributed by atoms with Crippen LogP contribution in [0.2, 0.25) is 0 Å². The quantitative estimate of drug-likeness (QED) is 0.699. The lowest BCUT2D eigenvalue weighted by Crippen LogP contribution is -2.53. The van der Waals surface area contributed by atoms with Gasteiger partial charge in [0.15, 0.2) is 11.5 Å². The van der Waals surface area contributed by atoms with Crippen LogP contribution in [0.4, 0.5) is 0 Å². The third kappa shape index (κ3) is 5.50. The maximum absolute atomic E-state index is 10.1. The van der Waals surface area contributed by atoms with Crippen LogP contribution in [-0.4, -0.2) is 73.1 Å². The van der Waals surface area contributed by atoms with E-state index in [-0.39, 0.29) is 12.4 Å². The lowest BCUT2D eigenvalue weighted by atomic mass is 10.0. The molecule has 148 valence electrons. The summed E-state index contributed by atoms with van der Waals surface area (Å²) in [6, 6.07) is 4.11. The van der Waals surface area contributed by atoms with Crippen molar-refractivity contribution in [3.63, 3.8) is 0 Å². The molecule has 6 nitrogen and oxygen atoms in total. The second-order valence-corrected chi connectivity index (χ2v) is 7.47. The zero-order chi connectivity index (χ0) is 19.1. The molecule has 1 saturated heterocycles. The molecule has 1 heterocycles. The largest absolute Gasteiger partial charge is 0.502 e. The summed E-state index contributed by atoms with van der Waals surface area (Å²) in [6.45, 7) is 9.53. The van der Waals surface area contributed by atoms with E-state index in [9.17, 15) is 10.2 Å². The van der Waals surface area contributed by atoms with Crippen LogP contribution in [-0.2, 0) is 6.54 Å². The van der Waals surface area contributed by atoms with Crippen LogP contribution in [0, 0.1) is 5.92 Å². The fourth-order valence-electron chi connectivity index (χ4n) is 3.54. The van der Waals surface area contributed by atoms with Crippen molar-refractivity contribution in [2.24, 2.45) is 5.92 Å². The van der Waals surface area contributed by atoms with Crippen LogP contribution < -0.4 is 9.47 Å². The molecule has 0 radical (unpaired) electrons. The predicted octanol–water partition coefficient (Wildman–Crippen LogP) is 2.32. The molecule has 2 rings (SSSR count). The molecule has 0 bridgehead atoms. The van der Waals surface area contributed by atoms with Crippen LogP contribution in [0.3, 0.4) is 0 Å². The Bertz CT molecular complexity index is 540. The number of benzene rings is 1. The highest BCUT2D eigenvalue weighted by molar-refractivity contribution is 5.52. The molecule has 1 fully saturated rings. The average Bonchev–Trinajstić information content (AvgIpc) is 2.62. The zero-order valence-corrected chi connectivity index (χ0v) is 16.6. The maximum atomic E-state index is 10.1. The number of aliphatic hydroxyl groups excluding tert-OH is 1. The second-order valence-electron chi connectivity index (χ2n) is 7.47. The maximum Gasteiger partial charge on any atom is 0.200 e. The Morgan fingerprint density at radius 2 is 1.81 bits per heavy atom. The summed E-state index contributed by atoms with van der Waals surface area (Å²) >= 11 is 0. The Morgan fingerprint density at radius 3 is 2.35 bits per heavy atom. The van der Waals surface area contributed by atoms with Gasteiger partial charge in [-0.05, 0) is 43.0 Å². The third-order valence-electron chi connectivity index (χ3n) is 5.09. The minimum absolute atomic E-state index is 0.0374. The number of hydrogen-bond acceptors (Lipinski definition) is 6. The van der Waals surface area contributed by atoms with E-state index in [1.54, 1.807) is 14.2 Å². The monoisotopic (exact) mass is 366 g/mol. The van der Waals surface area contributed by atoms with Crippen LogP contribution in [0.25, 0.3) is 0 Å². The molecule has 2 N–H and O–H groups in total. The first kappa shape index (κ1) is 20.8. The van der Waals surface area contributed by atoms with Gasteiger partial charge in [-0.2, -0.15) is 0 Å². The first-order chi connectivity index (χ1) is 12.5. The summed E-state index contributed by atoms with van der Waals surface area (Å²) < 4.78 is 10.5. The van der Waals surface area contributed by atoms with Crippen molar-refractivity contribution in [1.29, 1.82) is 0 Å². The molecule has 1 aromatic rings. The van der Waals surface area contributed by atoms with Gasteiger partial charge >= 0.3 is 0 Å². The normalized spacial score (nSPS) is 19.1. The molecule has 0 spiro atoms. The molecular formula is C20H34N2O4. The van der Waals surface area contributed by atoms with Gasteiger partial charge in [0.05, 0.1) is 14.2 Å². The van der Waals surface area contributed by atoms with E-state index in [2.05, 4.69) is 23.6 Å². The number of rotatable bonds is 9. The predicted molar refractivity (Wildman–Crippen MR) is 103 cm³/mol. The van der Waals surface area contributed by atoms with E-state index in [0.717, 1.165) is 44.7 Å². The molecule has 1 atom stereocenters. The Balaban J connectivity index is 2.04. The van der Waals surface area contributed by atoms with Crippen molar-refractivity contribution in [2.75, 3.05) is 47.0 Å². The highest BCUT2D eigenvalue weighted by Crippen LogP contribution is 2.37. The van der Waals surface area contributed by atoms with Gasteiger partial charge in [-0.1, -0.05) is 13.8 Å². The molecule has 0 saturated carbocycles.